The summed E-state index contributed by atoms with van der Waals surface area (Å²) in [6.45, 7) is 1.57. The molecule has 0 fully saturated rings. The lowest BCUT2D eigenvalue weighted by molar-refractivity contribution is -0.136. The van der Waals surface area contributed by atoms with Crippen molar-refractivity contribution in [2.24, 2.45) is 0 Å². The first kappa shape index (κ1) is 29.2. The molecule has 0 radical (unpaired) electrons. The Morgan fingerprint density at radius 3 is 1.83 bits per heavy atom. The van der Waals surface area contributed by atoms with Gasteiger partial charge in [0.25, 0.3) is 5.91 Å². The van der Waals surface area contributed by atoms with Gasteiger partial charge in [-0.1, -0.05) is 49.4 Å². The average Bonchev–Trinajstić information content (AvgIpc) is 2.99. The van der Waals surface area contributed by atoms with Crippen LogP contribution in [0, 0.1) is 0 Å². The van der Waals surface area contributed by atoms with Crippen LogP contribution in [-0.4, -0.2) is 34.9 Å². The summed E-state index contributed by atoms with van der Waals surface area (Å²) >= 11 is 0. The minimum Gasteiger partial charge on any atom is -0.481 e. The molecule has 0 atom stereocenters. The van der Waals surface area contributed by atoms with Gasteiger partial charge in [0.05, 0.1) is 17.5 Å². The number of ether oxygens (including phenoxy) is 3. The summed E-state index contributed by atoms with van der Waals surface area (Å²) in [5.74, 6) is -4.19. The molecular weight excluding hydrogens is 542 g/mol. The van der Waals surface area contributed by atoms with Gasteiger partial charge in [-0.15, -0.1) is 0 Å². The van der Waals surface area contributed by atoms with Crippen LogP contribution in [0.3, 0.4) is 0 Å². The first-order valence-corrected chi connectivity index (χ1v) is 12.8. The van der Waals surface area contributed by atoms with Crippen LogP contribution < -0.4 is 19.5 Å². The third-order valence-corrected chi connectivity index (χ3v) is 5.80. The molecule has 1 amide bonds. The fourth-order valence-electron chi connectivity index (χ4n) is 3.75. The fourth-order valence-corrected chi connectivity index (χ4v) is 3.75. The highest BCUT2D eigenvalue weighted by atomic mass is 16.6. The van der Waals surface area contributed by atoms with E-state index < -0.39 is 36.2 Å². The minimum absolute atomic E-state index is 0.00115. The second kappa shape index (κ2) is 13.5. The third kappa shape index (κ3) is 7.66. The van der Waals surface area contributed by atoms with Crippen molar-refractivity contribution in [3.05, 3.63) is 119 Å². The molecule has 0 aliphatic heterocycles. The number of hydrogen-bond donors (Lipinski definition) is 2. The summed E-state index contributed by atoms with van der Waals surface area (Å²) in [6.07, 6.45) is -0.544. The Morgan fingerprint density at radius 2 is 1.24 bits per heavy atom. The number of esters is 3. The highest BCUT2D eigenvalue weighted by molar-refractivity contribution is 6.05. The van der Waals surface area contributed by atoms with E-state index in [4.69, 9.17) is 14.2 Å². The normalized spacial score (nSPS) is 10.3. The molecular formula is C32H25NO9. The highest BCUT2D eigenvalue weighted by Crippen LogP contribution is 2.35. The molecule has 0 aliphatic carbocycles. The first-order valence-electron chi connectivity index (χ1n) is 12.8. The Hall–Kier alpha value is -5.77. The lowest BCUT2D eigenvalue weighted by atomic mass is 10.1. The van der Waals surface area contributed by atoms with E-state index in [9.17, 15) is 29.1 Å². The zero-order valence-electron chi connectivity index (χ0n) is 22.4. The van der Waals surface area contributed by atoms with Gasteiger partial charge in [0, 0.05) is 23.7 Å². The van der Waals surface area contributed by atoms with Gasteiger partial charge < -0.3 is 24.6 Å². The van der Waals surface area contributed by atoms with Crippen LogP contribution in [0.2, 0.25) is 0 Å². The molecule has 4 aromatic rings. The number of rotatable bonds is 10. The number of carbonyl (C=O) groups is 5. The van der Waals surface area contributed by atoms with Crippen LogP contribution in [0.4, 0.5) is 5.69 Å². The van der Waals surface area contributed by atoms with Crippen LogP contribution in [0.5, 0.6) is 17.2 Å². The van der Waals surface area contributed by atoms with E-state index in [1.54, 1.807) is 55.5 Å². The van der Waals surface area contributed by atoms with Crippen molar-refractivity contribution in [1.29, 1.82) is 0 Å². The number of carbonyl (C=O) groups excluding carboxylic acids is 4. The van der Waals surface area contributed by atoms with Gasteiger partial charge in [0.1, 0.15) is 5.75 Å². The molecule has 10 nitrogen and oxygen atoms in total. The number of aliphatic carboxylic acids is 1. The predicted octanol–water partition coefficient (Wildman–Crippen LogP) is 5.32. The summed E-state index contributed by atoms with van der Waals surface area (Å²) in [5.41, 5.74) is 0.723. The Bertz CT molecular complexity index is 1630. The summed E-state index contributed by atoms with van der Waals surface area (Å²) in [6, 6.07) is 24.7. The maximum Gasteiger partial charge on any atom is 0.343 e. The van der Waals surface area contributed by atoms with Crippen molar-refractivity contribution >= 4 is 35.5 Å². The zero-order chi connectivity index (χ0) is 30.1. The molecule has 0 unspecified atom stereocenters. The van der Waals surface area contributed by atoms with Gasteiger partial charge in [0.15, 0.2) is 11.5 Å². The van der Waals surface area contributed by atoms with Gasteiger partial charge in [-0.25, -0.2) is 9.59 Å². The van der Waals surface area contributed by atoms with Crippen LogP contribution in [0.25, 0.3) is 0 Å². The fraction of sp³-hybridized carbons (Fsp3) is 0.0938. The van der Waals surface area contributed by atoms with Crippen LogP contribution in [0.15, 0.2) is 97.1 Å². The van der Waals surface area contributed by atoms with E-state index in [-0.39, 0.29) is 46.0 Å². The molecule has 10 heteroatoms. The quantitative estimate of drug-likeness (QED) is 0.192. The van der Waals surface area contributed by atoms with E-state index in [1.165, 1.54) is 48.5 Å². The highest BCUT2D eigenvalue weighted by Gasteiger charge is 2.21. The van der Waals surface area contributed by atoms with Crippen LogP contribution >= 0.6 is 0 Å². The second-order valence-corrected chi connectivity index (χ2v) is 8.85. The molecule has 212 valence electrons. The lowest BCUT2D eigenvalue weighted by Crippen LogP contribution is -2.17. The van der Waals surface area contributed by atoms with Gasteiger partial charge in [-0.05, 0) is 54.1 Å². The maximum atomic E-state index is 13.2. The van der Waals surface area contributed by atoms with E-state index in [2.05, 4.69) is 5.32 Å². The van der Waals surface area contributed by atoms with E-state index in [0.29, 0.717) is 5.56 Å². The number of benzene rings is 4. The zero-order valence-corrected chi connectivity index (χ0v) is 22.4. The molecule has 4 rings (SSSR count). The molecule has 2 N–H and O–H groups in total. The molecule has 0 spiro atoms. The summed E-state index contributed by atoms with van der Waals surface area (Å²) in [5, 5.41) is 12.1. The number of anilines is 1. The maximum absolute atomic E-state index is 13.2. The van der Waals surface area contributed by atoms with Gasteiger partial charge in [-0.2, -0.15) is 0 Å². The van der Waals surface area contributed by atoms with Gasteiger partial charge >= 0.3 is 23.9 Å². The minimum atomic E-state index is -1.22. The van der Waals surface area contributed by atoms with Crippen molar-refractivity contribution in [3.8, 4) is 17.2 Å². The molecule has 0 aromatic heterocycles. The summed E-state index contributed by atoms with van der Waals surface area (Å²) in [4.78, 5) is 62.2. The molecule has 42 heavy (non-hydrogen) atoms. The van der Waals surface area contributed by atoms with Crippen molar-refractivity contribution in [2.75, 3.05) is 5.32 Å². The lowest BCUT2D eigenvalue weighted by Gasteiger charge is -2.16. The number of carboxylic acids is 1. The van der Waals surface area contributed by atoms with Crippen molar-refractivity contribution in [3.63, 3.8) is 0 Å². The number of nitrogens with one attached hydrogen (secondary N) is 1. The Labute approximate surface area is 240 Å². The second-order valence-electron chi connectivity index (χ2n) is 8.85. The number of amides is 1. The van der Waals surface area contributed by atoms with E-state index in [0.717, 1.165) is 0 Å². The van der Waals surface area contributed by atoms with Crippen molar-refractivity contribution < 1.29 is 43.3 Å². The molecule has 0 saturated heterocycles. The standard InChI is InChI=1S/C32H25NO9/c1-2-29(36)41-26-17-23(18-28(34)35)25(19-27(26)42-32(39)21-12-7-4-8-13-21)33-30(37)22-14-9-15-24(16-22)40-31(38)20-10-5-3-6-11-20/h3-17,19H,2,18H2,1H3,(H,33,37)(H,34,35). The molecule has 4 aromatic carbocycles. The van der Waals surface area contributed by atoms with Crippen LogP contribution in [-0.2, 0) is 16.0 Å². The Balaban J connectivity index is 1.64. The smallest absolute Gasteiger partial charge is 0.343 e. The Kier molecular flexibility index (Phi) is 9.41. The third-order valence-electron chi connectivity index (χ3n) is 5.80. The number of hydrogen-bond acceptors (Lipinski definition) is 8. The molecule has 0 saturated carbocycles. The largest absolute Gasteiger partial charge is 0.481 e. The monoisotopic (exact) mass is 567 g/mol. The molecule has 0 bridgehead atoms. The molecule has 0 aliphatic rings. The van der Waals surface area contributed by atoms with E-state index in [1.807, 2.05) is 0 Å². The average molecular weight is 568 g/mol. The van der Waals surface area contributed by atoms with E-state index >= 15 is 0 Å². The van der Waals surface area contributed by atoms with Crippen molar-refractivity contribution in [2.45, 2.75) is 19.8 Å². The first-order chi connectivity index (χ1) is 20.2. The summed E-state index contributed by atoms with van der Waals surface area (Å²) in [7, 11) is 0. The topological polar surface area (TPSA) is 145 Å². The SMILES string of the molecule is CCC(=O)Oc1cc(CC(=O)O)c(NC(=O)c2cccc(OC(=O)c3ccccc3)c2)cc1OC(=O)c1ccccc1. The molecule has 0 heterocycles. The van der Waals surface area contributed by atoms with Crippen LogP contribution in [0.1, 0.15) is 50.0 Å². The number of carboxylic acid groups (broad SMARTS) is 1. The van der Waals surface area contributed by atoms with Gasteiger partial charge in [-0.3, -0.25) is 14.4 Å². The van der Waals surface area contributed by atoms with Gasteiger partial charge in [0.2, 0.25) is 0 Å². The predicted molar refractivity (Wildman–Crippen MR) is 151 cm³/mol. The Morgan fingerprint density at radius 1 is 0.667 bits per heavy atom. The summed E-state index contributed by atoms with van der Waals surface area (Å²) < 4.78 is 16.2. The van der Waals surface area contributed by atoms with Crippen molar-refractivity contribution in [1.82, 2.24) is 0 Å².